The van der Waals surface area contributed by atoms with Crippen molar-refractivity contribution >= 4 is 11.6 Å². The van der Waals surface area contributed by atoms with Gasteiger partial charge in [-0.1, -0.05) is 49.6 Å². The van der Waals surface area contributed by atoms with E-state index in [-0.39, 0.29) is 22.9 Å². The molecule has 0 radical (unpaired) electrons. The molecule has 0 unspecified atom stereocenters. The van der Waals surface area contributed by atoms with Gasteiger partial charge in [0.1, 0.15) is 11.3 Å². The summed E-state index contributed by atoms with van der Waals surface area (Å²) >= 11 is 0. The van der Waals surface area contributed by atoms with Gasteiger partial charge in [0.25, 0.3) is 11.5 Å². The summed E-state index contributed by atoms with van der Waals surface area (Å²) < 4.78 is 14.3. The second-order valence-corrected chi connectivity index (χ2v) is 9.91. The molecule has 7 nitrogen and oxygen atoms in total. The van der Waals surface area contributed by atoms with Crippen LogP contribution in [0.2, 0.25) is 0 Å². The zero-order valence-corrected chi connectivity index (χ0v) is 20.0. The predicted molar refractivity (Wildman–Crippen MR) is 136 cm³/mol. The van der Waals surface area contributed by atoms with Crippen LogP contribution in [0.1, 0.15) is 53.9 Å². The smallest absolute Gasteiger partial charge is 0.274 e. The first-order valence-electron chi connectivity index (χ1n) is 12.7. The van der Waals surface area contributed by atoms with Gasteiger partial charge < -0.3 is 9.88 Å². The summed E-state index contributed by atoms with van der Waals surface area (Å²) in [6, 6.07) is 15.2. The molecule has 4 aromatic rings. The van der Waals surface area contributed by atoms with Crippen LogP contribution >= 0.6 is 0 Å². The van der Waals surface area contributed by atoms with Crippen LogP contribution in [0, 0.1) is 5.92 Å². The number of halogens is 1. The van der Waals surface area contributed by atoms with Crippen LogP contribution in [0.4, 0.5) is 4.39 Å². The minimum absolute atomic E-state index is 0.147. The molecule has 2 fully saturated rings. The molecular weight excluding hydrogens is 457 g/mol. The third-order valence-electron chi connectivity index (χ3n) is 7.50. The Labute approximate surface area is 208 Å². The maximum absolute atomic E-state index is 13.5. The Morgan fingerprint density at radius 2 is 1.83 bits per heavy atom. The van der Waals surface area contributed by atoms with Crippen molar-refractivity contribution in [1.82, 2.24) is 24.5 Å². The largest absolute Gasteiger partial charge is 0.339 e. The Hall–Kier alpha value is -3.81. The van der Waals surface area contributed by atoms with Crippen LogP contribution in [0.25, 0.3) is 28.3 Å². The normalized spacial score (nSPS) is 16.9. The average molecular weight is 486 g/mol. The molecule has 1 saturated heterocycles. The van der Waals surface area contributed by atoms with Crippen molar-refractivity contribution in [1.29, 1.82) is 0 Å². The number of rotatable bonds is 5. The number of aromatic nitrogens is 4. The number of pyridine rings is 1. The summed E-state index contributed by atoms with van der Waals surface area (Å²) in [5.74, 6) is 0.168. The van der Waals surface area contributed by atoms with Crippen molar-refractivity contribution in [3.63, 3.8) is 0 Å². The number of carbonyl (C=O) groups excluding carboxylic acids is 1. The van der Waals surface area contributed by atoms with Crippen molar-refractivity contribution in [2.45, 2.75) is 38.0 Å². The van der Waals surface area contributed by atoms with Crippen LogP contribution in [0.15, 0.2) is 59.5 Å². The van der Waals surface area contributed by atoms with Crippen molar-refractivity contribution in [2.75, 3.05) is 19.8 Å². The first-order chi connectivity index (χ1) is 17.6. The van der Waals surface area contributed by atoms with E-state index in [0.29, 0.717) is 41.7 Å². The van der Waals surface area contributed by atoms with Gasteiger partial charge in [-0.05, 0) is 42.0 Å². The summed E-state index contributed by atoms with van der Waals surface area (Å²) in [6.07, 6.45) is 7.93. The fourth-order valence-corrected chi connectivity index (χ4v) is 5.44. The quantitative estimate of drug-likeness (QED) is 0.438. The predicted octanol–water partition coefficient (Wildman–Crippen LogP) is 4.84. The summed E-state index contributed by atoms with van der Waals surface area (Å²) in [4.78, 5) is 35.9. The molecule has 0 bridgehead atoms. The lowest BCUT2D eigenvalue weighted by atomic mass is 9.84. The van der Waals surface area contributed by atoms with Crippen LogP contribution in [0.5, 0.6) is 0 Å². The molecule has 1 saturated carbocycles. The van der Waals surface area contributed by atoms with Gasteiger partial charge in [-0.25, -0.2) is 0 Å². The molecule has 8 heteroatoms. The standard InChI is InChI=1S/C28H28FN5O2/c29-15-18-16-33(17-18)28(36)25-26(22-8-4-5-13-30-22)32-34-24(35)14-23(31-27(25)34)21-11-9-20(10-12-21)19-6-2-1-3-7-19/h4-5,8-14,18-19,31H,1-3,6-7,15-17H2. The van der Waals surface area contributed by atoms with Crippen molar-refractivity contribution < 1.29 is 9.18 Å². The van der Waals surface area contributed by atoms with Crippen LogP contribution in [-0.2, 0) is 0 Å². The van der Waals surface area contributed by atoms with E-state index in [2.05, 4.69) is 27.2 Å². The van der Waals surface area contributed by atoms with E-state index < -0.39 is 6.67 Å². The van der Waals surface area contributed by atoms with E-state index in [0.717, 1.165) is 5.56 Å². The maximum atomic E-state index is 13.5. The molecule has 1 aliphatic heterocycles. The highest BCUT2D eigenvalue weighted by Crippen LogP contribution is 2.34. The Bertz CT molecular complexity index is 1450. The number of nitrogens with one attached hydrogen (secondary N) is 1. The molecule has 1 aliphatic carbocycles. The topological polar surface area (TPSA) is 83.4 Å². The SMILES string of the molecule is O=C(c1c(-c2ccccn2)nn2c(=O)cc(-c3ccc(C4CCCCC4)cc3)[nH]c12)N1CC(CF)C1. The Morgan fingerprint density at radius 3 is 2.53 bits per heavy atom. The summed E-state index contributed by atoms with van der Waals surface area (Å²) in [6.45, 7) is 0.241. The molecule has 184 valence electrons. The minimum atomic E-state index is -0.455. The molecule has 36 heavy (non-hydrogen) atoms. The highest BCUT2D eigenvalue weighted by atomic mass is 19.1. The number of fused-ring (bicyclic) bond motifs is 1. The average Bonchev–Trinajstić information content (AvgIpc) is 3.29. The third kappa shape index (κ3) is 4.00. The lowest BCUT2D eigenvalue weighted by Gasteiger charge is -2.37. The zero-order chi connectivity index (χ0) is 24.6. The number of alkyl halides is 1. The van der Waals surface area contributed by atoms with Gasteiger partial charge in [0.15, 0.2) is 5.65 Å². The summed E-state index contributed by atoms with van der Waals surface area (Å²) in [7, 11) is 0. The summed E-state index contributed by atoms with van der Waals surface area (Å²) in [5, 5.41) is 4.48. The molecule has 6 rings (SSSR count). The van der Waals surface area contributed by atoms with Gasteiger partial charge in [0.05, 0.1) is 18.1 Å². The maximum Gasteiger partial charge on any atom is 0.274 e. The van der Waals surface area contributed by atoms with E-state index >= 15 is 0 Å². The lowest BCUT2D eigenvalue weighted by molar-refractivity contribution is 0.0455. The summed E-state index contributed by atoms with van der Waals surface area (Å²) in [5.41, 5.74) is 3.92. The number of H-pyrrole nitrogens is 1. The van der Waals surface area contributed by atoms with E-state index in [1.807, 2.05) is 18.2 Å². The molecule has 3 aromatic heterocycles. The number of hydrogen-bond acceptors (Lipinski definition) is 4. The van der Waals surface area contributed by atoms with Gasteiger partial charge in [0, 0.05) is 31.3 Å². The van der Waals surface area contributed by atoms with E-state index in [4.69, 9.17) is 0 Å². The van der Waals surface area contributed by atoms with Crippen molar-refractivity contribution in [3.05, 3.63) is 76.2 Å². The number of benzene rings is 1. The fourth-order valence-electron chi connectivity index (χ4n) is 5.44. The Balaban J connectivity index is 1.43. The number of aromatic amines is 1. The molecule has 1 aromatic carbocycles. The molecular formula is C28H28FN5O2. The highest BCUT2D eigenvalue weighted by molar-refractivity contribution is 6.05. The number of amides is 1. The van der Waals surface area contributed by atoms with Crippen molar-refractivity contribution in [3.8, 4) is 22.6 Å². The van der Waals surface area contributed by atoms with Crippen molar-refractivity contribution in [2.24, 2.45) is 5.92 Å². The first kappa shape index (κ1) is 22.6. The van der Waals surface area contributed by atoms with E-state index in [1.54, 1.807) is 23.2 Å². The van der Waals surface area contributed by atoms with E-state index in [1.165, 1.54) is 48.2 Å². The Kier molecular flexibility index (Phi) is 5.87. The minimum Gasteiger partial charge on any atom is -0.339 e. The fraction of sp³-hybridized carbons (Fsp3) is 0.357. The molecule has 0 atom stereocenters. The monoisotopic (exact) mass is 485 g/mol. The molecule has 2 aliphatic rings. The molecule has 1 amide bonds. The zero-order valence-electron chi connectivity index (χ0n) is 20.0. The van der Waals surface area contributed by atoms with Crippen LogP contribution < -0.4 is 5.56 Å². The van der Waals surface area contributed by atoms with E-state index in [9.17, 15) is 14.0 Å². The lowest BCUT2D eigenvalue weighted by Crippen LogP contribution is -2.50. The first-order valence-corrected chi connectivity index (χ1v) is 12.7. The number of hydrogen-bond donors (Lipinski definition) is 1. The van der Waals surface area contributed by atoms with Gasteiger partial charge in [0.2, 0.25) is 0 Å². The van der Waals surface area contributed by atoms with Crippen LogP contribution in [-0.4, -0.2) is 50.2 Å². The number of likely N-dealkylation sites (tertiary alicyclic amines) is 1. The number of carbonyl (C=O) groups is 1. The third-order valence-corrected chi connectivity index (χ3v) is 7.50. The molecule has 4 heterocycles. The van der Waals surface area contributed by atoms with Gasteiger partial charge in [-0.2, -0.15) is 9.61 Å². The second kappa shape index (κ2) is 9.33. The molecule has 0 spiro atoms. The molecule has 1 N–H and O–H groups in total. The van der Waals surface area contributed by atoms with Gasteiger partial charge in [-0.3, -0.25) is 19.0 Å². The highest BCUT2D eigenvalue weighted by Gasteiger charge is 2.35. The van der Waals surface area contributed by atoms with Crippen LogP contribution in [0.3, 0.4) is 0 Å². The number of nitrogens with zero attached hydrogens (tertiary/aromatic N) is 4. The van der Waals surface area contributed by atoms with Gasteiger partial charge in [-0.15, -0.1) is 0 Å². The van der Waals surface area contributed by atoms with Gasteiger partial charge >= 0.3 is 0 Å². The second-order valence-electron chi connectivity index (χ2n) is 9.91. The Morgan fingerprint density at radius 1 is 1.06 bits per heavy atom.